The van der Waals surface area contributed by atoms with Crippen LogP contribution in [0.15, 0.2) is 115 Å². The fourth-order valence-electron chi connectivity index (χ4n) is 6.30. The highest BCUT2D eigenvalue weighted by Crippen LogP contribution is 2.64. The Hall–Kier alpha value is -4.07. The molecule has 0 saturated carbocycles. The highest BCUT2D eigenvalue weighted by molar-refractivity contribution is 6.31. The molecule has 0 fully saturated rings. The number of hydrogen-bond acceptors (Lipinski definition) is 1. The van der Waals surface area contributed by atoms with E-state index < -0.39 is 5.41 Å². The van der Waals surface area contributed by atoms with E-state index in [1.165, 1.54) is 54.9 Å². The molecule has 1 aliphatic carbocycles. The first kappa shape index (κ1) is 19.3. The zero-order valence-electron chi connectivity index (χ0n) is 18.8. The third-order valence-electron chi connectivity index (χ3n) is 7.73. The number of ether oxygens (including phenoxy) is 1. The van der Waals surface area contributed by atoms with Gasteiger partial charge in [-0.25, -0.2) is 0 Å². The van der Waals surface area contributed by atoms with Crippen molar-refractivity contribution in [2.24, 2.45) is 0 Å². The van der Waals surface area contributed by atoms with Crippen LogP contribution >= 0.6 is 11.6 Å². The Labute approximate surface area is 208 Å². The monoisotopic (exact) mass is 466 g/mol. The lowest BCUT2D eigenvalue weighted by molar-refractivity contribution is 0.439. The molecule has 2 heteroatoms. The van der Waals surface area contributed by atoms with Crippen molar-refractivity contribution in [3.8, 4) is 22.6 Å². The van der Waals surface area contributed by atoms with Crippen LogP contribution in [0.2, 0.25) is 5.02 Å². The lowest BCUT2D eigenvalue weighted by atomic mass is 9.65. The molecule has 35 heavy (non-hydrogen) atoms. The average molecular weight is 467 g/mol. The van der Waals surface area contributed by atoms with E-state index in [0.717, 1.165) is 16.5 Å². The van der Waals surface area contributed by atoms with Crippen LogP contribution < -0.4 is 4.74 Å². The summed E-state index contributed by atoms with van der Waals surface area (Å²) in [6.07, 6.45) is 0. The summed E-state index contributed by atoms with van der Waals surface area (Å²) in [4.78, 5) is 0. The van der Waals surface area contributed by atoms with E-state index in [9.17, 15) is 0 Å². The minimum absolute atomic E-state index is 0.493. The first-order chi connectivity index (χ1) is 17.2. The molecule has 2 aliphatic rings. The Morgan fingerprint density at radius 1 is 0.514 bits per heavy atom. The Balaban J connectivity index is 1.59. The molecule has 6 aromatic rings. The number of benzene rings is 6. The standard InChI is InChI=1S/C33H19ClO/c34-25-14-15-28-27(19-25)26-10-5-11-30-32(26)33(28,24-13-12-20-6-1-2-7-21(20)16-24)29-17-22-8-3-4-9-23(22)18-31(29)35-30/h1-19H. The zero-order valence-corrected chi connectivity index (χ0v) is 19.5. The molecular formula is C33H19ClO. The van der Waals surface area contributed by atoms with Crippen molar-refractivity contribution in [2.45, 2.75) is 5.41 Å². The van der Waals surface area contributed by atoms with Crippen LogP contribution in [-0.4, -0.2) is 0 Å². The molecule has 164 valence electrons. The summed E-state index contributed by atoms with van der Waals surface area (Å²) in [5.41, 5.74) is 6.74. The molecule has 0 N–H and O–H groups in total. The second kappa shape index (κ2) is 6.75. The number of fused-ring (bicyclic) bond motifs is 7. The molecule has 0 radical (unpaired) electrons. The maximum atomic E-state index is 6.64. The summed E-state index contributed by atoms with van der Waals surface area (Å²) in [6.45, 7) is 0. The van der Waals surface area contributed by atoms with Gasteiger partial charge in [0, 0.05) is 16.1 Å². The van der Waals surface area contributed by atoms with Crippen LogP contribution in [0.25, 0.3) is 32.7 Å². The van der Waals surface area contributed by atoms with Crippen molar-refractivity contribution >= 4 is 33.1 Å². The summed E-state index contributed by atoms with van der Waals surface area (Å²) in [7, 11) is 0. The Morgan fingerprint density at radius 2 is 1.26 bits per heavy atom. The predicted molar refractivity (Wildman–Crippen MR) is 144 cm³/mol. The summed E-state index contributed by atoms with van der Waals surface area (Å²) < 4.78 is 6.64. The molecule has 1 aliphatic heterocycles. The van der Waals surface area contributed by atoms with Gasteiger partial charge in [0.2, 0.25) is 0 Å². The van der Waals surface area contributed by atoms with Crippen LogP contribution in [-0.2, 0) is 5.41 Å². The smallest absolute Gasteiger partial charge is 0.132 e. The molecule has 1 nitrogen and oxygen atoms in total. The highest BCUT2D eigenvalue weighted by atomic mass is 35.5. The summed E-state index contributed by atoms with van der Waals surface area (Å²) in [5.74, 6) is 1.81. The van der Waals surface area contributed by atoms with Crippen molar-refractivity contribution in [3.05, 3.63) is 143 Å². The van der Waals surface area contributed by atoms with Gasteiger partial charge < -0.3 is 4.74 Å². The summed E-state index contributed by atoms with van der Waals surface area (Å²) >= 11 is 6.55. The minimum Gasteiger partial charge on any atom is -0.457 e. The van der Waals surface area contributed by atoms with E-state index in [-0.39, 0.29) is 0 Å². The normalized spacial score (nSPS) is 17.1. The molecular weight excluding hydrogens is 448 g/mol. The van der Waals surface area contributed by atoms with E-state index in [2.05, 4.69) is 109 Å². The molecule has 1 unspecified atom stereocenters. The maximum Gasteiger partial charge on any atom is 0.132 e. The number of hydrogen-bond donors (Lipinski definition) is 0. The first-order valence-electron chi connectivity index (χ1n) is 11.9. The quantitative estimate of drug-likeness (QED) is 0.234. The lowest BCUT2D eigenvalue weighted by Crippen LogP contribution is -2.32. The summed E-state index contributed by atoms with van der Waals surface area (Å²) in [5, 5.41) is 5.59. The van der Waals surface area contributed by atoms with Crippen molar-refractivity contribution in [2.75, 3.05) is 0 Å². The molecule has 0 aromatic heterocycles. The van der Waals surface area contributed by atoms with Gasteiger partial charge in [-0.2, -0.15) is 0 Å². The third kappa shape index (κ3) is 2.43. The van der Waals surface area contributed by atoms with E-state index in [1.807, 2.05) is 6.07 Å². The van der Waals surface area contributed by atoms with Gasteiger partial charge in [-0.1, -0.05) is 90.5 Å². The molecule has 6 aromatic carbocycles. The van der Waals surface area contributed by atoms with Gasteiger partial charge in [-0.15, -0.1) is 0 Å². The molecule has 8 rings (SSSR count). The highest BCUT2D eigenvalue weighted by Gasteiger charge is 2.52. The topological polar surface area (TPSA) is 9.23 Å². The van der Waals surface area contributed by atoms with Crippen LogP contribution in [0.4, 0.5) is 0 Å². The minimum atomic E-state index is -0.493. The molecule has 0 saturated heterocycles. The van der Waals surface area contributed by atoms with Crippen LogP contribution in [0, 0.1) is 0 Å². The summed E-state index contributed by atoms with van der Waals surface area (Å²) in [6, 6.07) is 41.2. The van der Waals surface area contributed by atoms with Crippen molar-refractivity contribution in [1.29, 1.82) is 0 Å². The molecule has 0 bridgehead atoms. The van der Waals surface area contributed by atoms with Gasteiger partial charge in [-0.3, -0.25) is 0 Å². The third-order valence-corrected chi connectivity index (χ3v) is 7.97. The molecule has 0 spiro atoms. The van der Waals surface area contributed by atoms with Gasteiger partial charge in [0.1, 0.15) is 11.5 Å². The maximum absolute atomic E-state index is 6.64. The van der Waals surface area contributed by atoms with Crippen LogP contribution in [0.3, 0.4) is 0 Å². The fraction of sp³-hybridized carbons (Fsp3) is 0.0303. The van der Waals surface area contributed by atoms with Crippen molar-refractivity contribution in [3.63, 3.8) is 0 Å². The predicted octanol–water partition coefficient (Wildman–Crippen LogP) is 9.12. The average Bonchev–Trinajstić information content (AvgIpc) is 3.19. The Bertz CT molecular complexity index is 1850. The molecule has 0 amide bonds. The van der Waals surface area contributed by atoms with E-state index >= 15 is 0 Å². The first-order valence-corrected chi connectivity index (χ1v) is 12.3. The van der Waals surface area contributed by atoms with Gasteiger partial charge >= 0.3 is 0 Å². The Kier molecular flexibility index (Phi) is 3.71. The molecule has 1 heterocycles. The van der Waals surface area contributed by atoms with E-state index in [0.29, 0.717) is 0 Å². The van der Waals surface area contributed by atoms with Crippen molar-refractivity contribution in [1.82, 2.24) is 0 Å². The molecule has 1 atom stereocenters. The Morgan fingerprint density at radius 3 is 2.09 bits per heavy atom. The van der Waals surface area contributed by atoms with Crippen LogP contribution in [0.1, 0.15) is 22.3 Å². The van der Waals surface area contributed by atoms with Gasteiger partial charge in [0.25, 0.3) is 0 Å². The van der Waals surface area contributed by atoms with Gasteiger partial charge in [0.15, 0.2) is 0 Å². The van der Waals surface area contributed by atoms with Gasteiger partial charge in [-0.05, 0) is 80.2 Å². The number of halogens is 1. The van der Waals surface area contributed by atoms with Crippen molar-refractivity contribution < 1.29 is 4.74 Å². The second-order valence-electron chi connectivity index (χ2n) is 9.48. The van der Waals surface area contributed by atoms with Gasteiger partial charge in [0.05, 0.1) is 5.41 Å². The van der Waals surface area contributed by atoms with Crippen LogP contribution in [0.5, 0.6) is 11.5 Å². The SMILES string of the molecule is Clc1ccc2c(c1)-c1cccc3c1C2(c1ccc2ccccc2c1)c1cc2ccccc2cc1O3. The fourth-order valence-corrected chi connectivity index (χ4v) is 6.47. The number of rotatable bonds is 1. The largest absolute Gasteiger partial charge is 0.457 e. The van der Waals surface area contributed by atoms with E-state index in [4.69, 9.17) is 16.3 Å². The van der Waals surface area contributed by atoms with E-state index in [1.54, 1.807) is 0 Å². The zero-order chi connectivity index (χ0) is 23.1. The second-order valence-corrected chi connectivity index (χ2v) is 9.91. The lowest BCUT2D eigenvalue weighted by Gasteiger charge is -2.39.